The molecule has 10 heteroatoms. The van der Waals surface area contributed by atoms with Crippen LogP contribution in [0.5, 0.6) is 17.2 Å². The molecular weight excluding hydrogens is 419 g/mol. The van der Waals surface area contributed by atoms with Gasteiger partial charge in [0.2, 0.25) is 5.75 Å². The second-order valence-electron chi connectivity index (χ2n) is 6.38. The molecular formula is C22H21FN4O5. The zero-order chi connectivity index (χ0) is 23.1. The van der Waals surface area contributed by atoms with Gasteiger partial charge in [-0.15, -0.1) is 0 Å². The molecule has 0 aliphatic carbocycles. The molecule has 1 amide bonds. The fraction of sp³-hybridized carbons (Fsp3) is 0.182. The van der Waals surface area contributed by atoms with Crippen molar-refractivity contribution in [1.82, 2.24) is 15.4 Å². The molecule has 2 N–H and O–H groups in total. The van der Waals surface area contributed by atoms with Crippen LogP contribution in [0.2, 0.25) is 0 Å². The van der Waals surface area contributed by atoms with E-state index in [9.17, 15) is 14.0 Å². The van der Waals surface area contributed by atoms with Crippen molar-refractivity contribution < 1.29 is 23.4 Å². The summed E-state index contributed by atoms with van der Waals surface area (Å²) in [5.41, 5.74) is 2.86. The van der Waals surface area contributed by atoms with Crippen LogP contribution in [0.4, 0.5) is 4.39 Å². The number of hydrazone groups is 1. The minimum absolute atomic E-state index is 0.0525. The molecule has 0 spiro atoms. The third kappa shape index (κ3) is 5.28. The number of ether oxygens (including phenoxy) is 3. The summed E-state index contributed by atoms with van der Waals surface area (Å²) in [5, 5.41) is 3.92. The number of nitrogens with zero attached hydrogens (tertiary/aromatic N) is 2. The van der Waals surface area contributed by atoms with Crippen LogP contribution in [0, 0.1) is 5.82 Å². The lowest BCUT2D eigenvalue weighted by molar-refractivity contribution is 0.0949. The predicted octanol–water partition coefficient (Wildman–Crippen LogP) is 2.76. The molecule has 0 aliphatic heterocycles. The van der Waals surface area contributed by atoms with Crippen molar-refractivity contribution in [3.63, 3.8) is 0 Å². The maximum absolute atomic E-state index is 13.1. The molecule has 2 aromatic carbocycles. The minimum Gasteiger partial charge on any atom is -0.493 e. The highest BCUT2D eigenvalue weighted by molar-refractivity contribution is 5.94. The topological polar surface area (TPSA) is 115 Å². The molecule has 0 radical (unpaired) electrons. The van der Waals surface area contributed by atoms with E-state index in [4.69, 9.17) is 14.2 Å². The van der Waals surface area contributed by atoms with E-state index in [-0.39, 0.29) is 11.4 Å². The number of halogens is 1. The van der Waals surface area contributed by atoms with Crippen LogP contribution >= 0.6 is 0 Å². The molecule has 32 heavy (non-hydrogen) atoms. The number of methoxy groups -OCH3 is 2. The van der Waals surface area contributed by atoms with E-state index in [1.807, 2.05) is 6.92 Å². The third-order valence-corrected chi connectivity index (χ3v) is 4.28. The standard InChI is InChI=1S/C22H21FN4O5/c1-4-32-20-18(30-2)9-13(10-19(20)31-3)12-24-27-21(28)17-11-16(25-22(29)26-17)14-5-7-15(23)8-6-14/h5-12H,4H2,1-3H3,(H,27,28)(H,25,26,29)/b24-12+. The number of carbonyl (C=O) groups is 1. The summed E-state index contributed by atoms with van der Waals surface area (Å²) in [6.45, 7) is 2.27. The van der Waals surface area contributed by atoms with E-state index < -0.39 is 17.4 Å². The lowest BCUT2D eigenvalue weighted by Crippen LogP contribution is -2.24. The van der Waals surface area contributed by atoms with Gasteiger partial charge in [-0.25, -0.2) is 14.6 Å². The smallest absolute Gasteiger partial charge is 0.346 e. The monoisotopic (exact) mass is 440 g/mol. The first kappa shape index (κ1) is 22.5. The number of H-pyrrole nitrogens is 1. The highest BCUT2D eigenvalue weighted by atomic mass is 19.1. The summed E-state index contributed by atoms with van der Waals surface area (Å²) in [6.07, 6.45) is 1.39. The van der Waals surface area contributed by atoms with Crippen LogP contribution in [0.15, 0.2) is 52.4 Å². The number of amides is 1. The van der Waals surface area contributed by atoms with Gasteiger partial charge in [-0.05, 0) is 49.4 Å². The Hall–Kier alpha value is -4.21. The number of rotatable bonds is 8. The number of carbonyl (C=O) groups excluding carboxylic acids is 1. The van der Waals surface area contributed by atoms with Crippen LogP contribution < -0.4 is 25.3 Å². The summed E-state index contributed by atoms with van der Waals surface area (Å²) in [5.74, 6) is 0.270. The predicted molar refractivity (Wildman–Crippen MR) is 116 cm³/mol. The Morgan fingerprint density at radius 1 is 1.16 bits per heavy atom. The van der Waals surface area contributed by atoms with Gasteiger partial charge in [0.15, 0.2) is 11.5 Å². The van der Waals surface area contributed by atoms with Crippen molar-refractivity contribution in [3.05, 3.63) is 70.0 Å². The van der Waals surface area contributed by atoms with Crippen molar-refractivity contribution in [1.29, 1.82) is 0 Å². The number of hydrogen-bond acceptors (Lipinski definition) is 7. The first-order valence-corrected chi connectivity index (χ1v) is 9.54. The van der Waals surface area contributed by atoms with Gasteiger partial charge in [-0.3, -0.25) is 4.79 Å². The van der Waals surface area contributed by atoms with Gasteiger partial charge < -0.3 is 19.2 Å². The normalized spacial score (nSPS) is 10.8. The molecule has 0 atom stereocenters. The second-order valence-corrected chi connectivity index (χ2v) is 6.38. The Morgan fingerprint density at radius 2 is 1.81 bits per heavy atom. The van der Waals surface area contributed by atoms with E-state index in [0.29, 0.717) is 35.0 Å². The third-order valence-electron chi connectivity index (χ3n) is 4.28. The Labute approximate surface area is 182 Å². The molecule has 0 aliphatic rings. The lowest BCUT2D eigenvalue weighted by atomic mass is 10.1. The van der Waals surface area contributed by atoms with Crippen LogP contribution in [0.1, 0.15) is 23.0 Å². The Balaban J connectivity index is 1.80. The molecule has 0 fully saturated rings. The summed E-state index contributed by atoms with van der Waals surface area (Å²) in [6, 6.07) is 10.1. The number of nitrogens with one attached hydrogen (secondary N) is 2. The van der Waals surface area contributed by atoms with Crippen LogP contribution in [0.3, 0.4) is 0 Å². The Morgan fingerprint density at radius 3 is 2.41 bits per heavy atom. The number of aromatic nitrogens is 2. The first-order valence-electron chi connectivity index (χ1n) is 9.54. The zero-order valence-corrected chi connectivity index (χ0v) is 17.6. The van der Waals surface area contributed by atoms with Crippen LogP contribution in [-0.2, 0) is 0 Å². The fourth-order valence-electron chi connectivity index (χ4n) is 2.84. The molecule has 3 aromatic rings. The molecule has 0 unspecified atom stereocenters. The largest absolute Gasteiger partial charge is 0.493 e. The molecule has 3 rings (SSSR count). The van der Waals surface area contributed by atoms with Gasteiger partial charge in [-0.1, -0.05) is 0 Å². The van der Waals surface area contributed by atoms with Crippen LogP contribution in [-0.4, -0.2) is 42.9 Å². The van der Waals surface area contributed by atoms with E-state index in [0.717, 1.165) is 0 Å². The van der Waals surface area contributed by atoms with Crippen molar-refractivity contribution in [2.75, 3.05) is 20.8 Å². The molecule has 0 saturated heterocycles. The number of hydrogen-bond donors (Lipinski definition) is 2. The molecule has 9 nitrogen and oxygen atoms in total. The van der Waals surface area contributed by atoms with Gasteiger partial charge in [0, 0.05) is 11.1 Å². The van der Waals surface area contributed by atoms with Gasteiger partial charge in [0.25, 0.3) is 5.91 Å². The van der Waals surface area contributed by atoms with Crippen molar-refractivity contribution >= 4 is 12.1 Å². The van der Waals surface area contributed by atoms with Gasteiger partial charge in [0.1, 0.15) is 11.5 Å². The second kappa shape index (κ2) is 10.2. The summed E-state index contributed by atoms with van der Waals surface area (Å²) in [7, 11) is 3.00. The summed E-state index contributed by atoms with van der Waals surface area (Å²) in [4.78, 5) is 30.5. The average molecular weight is 440 g/mol. The average Bonchev–Trinajstić information content (AvgIpc) is 2.79. The van der Waals surface area contributed by atoms with Gasteiger partial charge in [-0.2, -0.15) is 10.1 Å². The van der Waals surface area contributed by atoms with Gasteiger partial charge >= 0.3 is 5.69 Å². The SMILES string of the molecule is CCOc1c(OC)cc(/C=N/NC(=O)c2cc(-c3ccc(F)cc3)nc(=O)[nH]2)cc1OC. The zero-order valence-electron chi connectivity index (χ0n) is 17.6. The number of aromatic amines is 1. The molecule has 1 aromatic heterocycles. The van der Waals surface area contributed by atoms with Crippen LogP contribution in [0.25, 0.3) is 11.3 Å². The Kier molecular flexibility index (Phi) is 7.17. The summed E-state index contributed by atoms with van der Waals surface area (Å²) >= 11 is 0. The quantitative estimate of drug-likeness (QED) is 0.411. The van der Waals surface area contributed by atoms with E-state index >= 15 is 0 Å². The van der Waals surface area contributed by atoms with Crippen molar-refractivity contribution in [3.8, 4) is 28.5 Å². The first-order chi connectivity index (χ1) is 15.4. The van der Waals surface area contributed by atoms with Gasteiger partial charge in [0.05, 0.1) is 32.7 Å². The maximum atomic E-state index is 13.1. The molecule has 0 saturated carbocycles. The highest BCUT2D eigenvalue weighted by Crippen LogP contribution is 2.38. The maximum Gasteiger partial charge on any atom is 0.346 e. The van der Waals surface area contributed by atoms with Crippen molar-refractivity contribution in [2.45, 2.75) is 6.92 Å². The lowest BCUT2D eigenvalue weighted by Gasteiger charge is -2.14. The molecule has 1 heterocycles. The summed E-state index contributed by atoms with van der Waals surface area (Å²) < 4.78 is 29.3. The fourth-order valence-corrected chi connectivity index (χ4v) is 2.84. The molecule has 0 bridgehead atoms. The number of benzene rings is 2. The highest BCUT2D eigenvalue weighted by Gasteiger charge is 2.14. The minimum atomic E-state index is -0.720. The Bertz CT molecular complexity index is 1170. The van der Waals surface area contributed by atoms with Crippen molar-refractivity contribution in [2.24, 2.45) is 5.10 Å². The van der Waals surface area contributed by atoms with E-state index in [2.05, 4.69) is 20.5 Å². The molecule has 166 valence electrons. The van der Waals surface area contributed by atoms with E-state index in [1.165, 1.54) is 50.8 Å². The van der Waals surface area contributed by atoms with E-state index in [1.54, 1.807) is 12.1 Å².